The monoisotopic (exact) mass is 235 g/mol. The van der Waals surface area contributed by atoms with Gasteiger partial charge in [-0.3, -0.25) is 0 Å². The SMILES string of the molecule is Cc1ccc(CSCCNC2CCC2)cc1. The Hall–Kier alpha value is -0.470. The van der Waals surface area contributed by atoms with E-state index in [1.165, 1.54) is 42.7 Å². The quantitative estimate of drug-likeness (QED) is 0.759. The second-order valence-electron chi connectivity index (χ2n) is 4.62. The molecule has 88 valence electrons. The van der Waals surface area contributed by atoms with Gasteiger partial charge in [-0.25, -0.2) is 0 Å². The van der Waals surface area contributed by atoms with Gasteiger partial charge in [0.15, 0.2) is 0 Å². The molecule has 0 radical (unpaired) electrons. The van der Waals surface area contributed by atoms with E-state index in [0.29, 0.717) is 0 Å². The van der Waals surface area contributed by atoms with Crippen molar-refractivity contribution in [3.8, 4) is 0 Å². The van der Waals surface area contributed by atoms with Crippen LogP contribution in [0.4, 0.5) is 0 Å². The van der Waals surface area contributed by atoms with Crippen LogP contribution >= 0.6 is 11.8 Å². The lowest BCUT2D eigenvalue weighted by atomic mass is 9.93. The second-order valence-corrected chi connectivity index (χ2v) is 5.73. The van der Waals surface area contributed by atoms with E-state index in [4.69, 9.17) is 0 Å². The molecule has 1 saturated carbocycles. The van der Waals surface area contributed by atoms with Crippen molar-refractivity contribution in [2.75, 3.05) is 12.3 Å². The van der Waals surface area contributed by atoms with Crippen LogP contribution in [0.25, 0.3) is 0 Å². The van der Waals surface area contributed by atoms with E-state index in [1.807, 2.05) is 11.8 Å². The lowest BCUT2D eigenvalue weighted by Crippen LogP contribution is -2.36. The van der Waals surface area contributed by atoms with Gasteiger partial charge in [0.25, 0.3) is 0 Å². The highest BCUT2D eigenvalue weighted by Crippen LogP contribution is 2.18. The summed E-state index contributed by atoms with van der Waals surface area (Å²) < 4.78 is 0. The maximum atomic E-state index is 3.59. The zero-order valence-corrected chi connectivity index (χ0v) is 10.9. The van der Waals surface area contributed by atoms with Crippen LogP contribution in [0.1, 0.15) is 30.4 Å². The van der Waals surface area contributed by atoms with Crippen LogP contribution in [0.2, 0.25) is 0 Å². The third-order valence-corrected chi connectivity index (χ3v) is 4.20. The van der Waals surface area contributed by atoms with Gasteiger partial charge >= 0.3 is 0 Å². The number of thioether (sulfide) groups is 1. The van der Waals surface area contributed by atoms with Crippen molar-refractivity contribution in [1.82, 2.24) is 5.32 Å². The van der Waals surface area contributed by atoms with E-state index < -0.39 is 0 Å². The van der Waals surface area contributed by atoms with E-state index in [9.17, 15) is 0 Å². The van der Waals surface area contributed by atoms with Gasteiger partial charge < -0.3 is 5.32 Å². The molecule has 0 bridgehead atoms. The van der Waals surface area contributed by atoms with Crippen LogP contribution in [-0.2, 0) is 5.75 Å². The summed E-state index contributed by atoms with van der Waals surface area (Å²) in [4.78, 5) is 0. The molecule has 0 amide bonds. The van der Waals surface area contributed by atoms with Crippen LogP contribution in [0.5, 0.6) is 0 Å². The molecule has 1 aliphatic rings. The second kappa shape index (κ2) is 6.31. The maximum absolute atomic E-state index is 3.59. The minimum atomic E-state index is 0.833. The highest BCUT2D eigenvalue weighted by molar-refractivity contribution is 7.98. The smallest absolute Gasteiger partial charge is 0.0185 e. The zero-order chi connectivity index (χ0) is 11.2. The predicted molar refractivity (Wildman–Crippen MR) is 73.0 cm³/mol. The summed E-state index contributed by atoms with van der Waals surface area (Å²) in [5.41, 5.74) is 2.79. The molecule has 0 aromatic heterocycles. The van der Waals surface area contributed by atoms with Crippen molar-refractivity contribution in [1.29, 1.82) is 0 Å². The normalized spacial score (nSPS) is 16.1. The first-order valence-electron chi connectivity index (χ1n) is 6.21. The van der Waals surface area contributed by atoms with E-state index >= 15 is 0 Å². The summed E-state index contributed by atoms with van der Waals surface area (Å²) in [6.07, 6.45) is 4.21. The van der Waals surface area contributed by atoms with Crippen molar-refractivity contribution < 1.29 is 0 Å². The zero-order valence-electron chi connectivity index (χ0n) is 10.0. The molecule has 1 N–H and O–H groups in total. The standard InChI is InChI=1S/C14H21NS/c1-12-5-7-13(8-6-12)11-16-10-9-15-14-3-2-4-14/h5-8,14-15H,2-4,9-11H2,1H3. The first-order chi connectivity index (χ1) is 7.84. The van der Waals surface area contributed by atoms with Gasteiger partial charge in [-0.15, -0.1) is 0 Å². The lowest BCUT2D eigenvalue weighted by molar-refractivity contribution is 0.347. The van der Waals surface area contributed by atoms with Gasteiger partial charge in [0.1, 0.15) is 0 Å². The highest BCUT2D eigenvalue weighted by Gasteiger charge is 2.15. The number of benzene rings is 1. The Labute approximate surface area is 103 Å². The van der Waals surface area contributed by atoms with Crippen LogP contribution in [0.3, 0.4) is 0 Å². The molecule has 2 rings (SSSR count). The van der Waals surface area contributed by atoms with Crippen LogP contribution in [0.15, 0.2) is 24.3 Å². The molecule has 2 heteroatoms. The highest BCUT2D eigenvalue weighted by atomic mass is 32.2. The average molecular weight is 235 g/mol. The first kappa shape index (κ1) is 12.0. The van der Waals surface area contributed by atoms with Gasteiger partial charge in [-0.05, 0) is 25.3 Å². The minimum absolute atomic E-state index is 0.833. The number of rotatable bonds is 6. The van der Waals surface area contributed by atoms with E-state index in [0.717, 1.165) is 11.8 Å². The molecule has 1 aromatic rings. The molecule has 1 fully saturated rings. The van der Waals surface area contributed by atoms with Crippen molar-refractivity contribution in [3.05, 3.63) is 35.4 Å². The fourth-order valence-electron chi connectivity index (χ4n) is 1.82. The lowest BCUT2D eigenvalue weighted by Gasteiger charge is -2.26. The third-order valence-electron chi connectivity index (χ3n) is 3.17. The molecule has 0 aliphatic heterocycles. The molecule has 1 aliphatic carbocycles. The molecular formula is C14H21NS. The Morgan fingerprint density at radius 1 is 1.25 bits per heavy atom. The Morgan fingerprint density at radius 3 is 2.62 bits per heavy atom. The molecule has 1 nitrogen and oxygen atoms in total. The Kier molecular flexibility index (Phi) is 4.73. The minimum Gasteiger partial charge on any atom is -0.313 e. The number of aryl methyl sites for hydroxylation is 1. The van der Waals surface area contributed by atoms with Crippen molar-refractivity contribution in [3.63, 3.8) is 0 Å². The molecule has 1 aromatic carbocycles. The van der Waals surface area contributed by atoms with E-state index in [1.54, 1.807) is 0 Å². The molecule has 0 unspecified atom stereocenters. The first-order valence-corrected chi connectivity index (χ1v) is 7.37. The van der Waals surface area contributed by atoms with Gasteiger partial charge in [0.2, 0.25) is 0 Å². The fourth-order valence-corrected chi connectivity index (χ4v) is 2.66. The van der Waals surface area contributed by atoms with Crippen LogP contribution in [0, 0.1) is 6.92 Å². The number of hydrogen-bond donors (Lipinski definition) is 1. The Balaban J connectivity index is 1.55. The molecule has 0 saturated heterocycles. The van der Waals surface area contributed by atoms with Crippen molar-refractivity contribution in [2.45, 2.75) is 38.0 Å². The van der Waals surface area contributed by atoms with Crippen LogP contribution < -0.4 is 5.32 Å². The van der Waals surface area contributed by atoms with Gasteiger partial charge in [-0.1, -0.05) is 36.2 Å². The van der Waals surface area contributed by atoms with E-state index in [2.05, 4.69) is 36.5 Å². The summed E-state index contributed by atoms with van der Waals surface area (Å²) in [6.45, 7) is 3.31. The van der Waals surface area contributed by atoms with Crippen LogP contribution in [-0.4, -0.2) is 18.3 Å². The summed E-state index contributed by atoms with van der Waals surface area (Å²) >= 11 is 2.03. The number of hydrogen-bond acceptors (Lipinski definition) is 2. The molecule has 0 heterocycles. The molecular weight excluding hydrogens is 214 g/mol. The van der Waals surface area contributed by atoms with Gasteiger partial charge in [0.05, 0.1) is 0 Å². The Morgan fingerprint density at radius 2 is 2.00 bits per heavy atom. The maximum Gasteiger partial charge on any atom is 0.0185 e. The van der Waals surface area contributed by atoms with Gasteiger partial charge in [0, 0.05) is 24.1 Å². The predicted octanol–water partition coefficient (Wildman–Crippen LogP) is 3.37. The fraction of sp³-hybridized carbons (Fsp3) is 0.571. The summed E-state index contributed by atoms with van der Waals surface area (Å²) in [5.74, 6) is 2.37. The third kappa shape index (κ3) is 3.84. The summed E-state index contributed by atoms with van der Waals surface area (Å²) in [5, 5.41) is 3.59. The average Bonchev–Trinajstić information content (AvgIpc) is 2.23. The summed E-state index contributed by atoms with van der Waals surface area (Å²) in [7, 11) is 0. The topological polar surface area (TPSA) is 12.0 Å². The summed E-state index contributed by atoms with van der Waals surface area (Å²) in [6, 6.07) is 9.70. The molecule has 0 atom stereocenters. The molecule has 0 spiro atoms. The Bertz CT molecular complexity index is 303. The van der Waals surface area contributed by atoms with Crippen molar-refractivity contribution >= 4 is 11.8 Å². The molecule has 16 heavy (non-hydrogen) atoms. The van der Waals surface area contributed by atoms with Crippen molar-refractivity contribution in [2.24, 2.45) is 0 Å². The largest absolute Gasteiger partial charge is 0.313 e. The van der Waals surface area contributed by atoms with E-state index in [-0.39, 0.29) is 0 Å². The van der Waals surface area contributed by atoms with Gasteiger partial charge in [-0.2, -0.15) is 11.8 Å². The number of nitrogens with one attached hydrogen (secondary N) is 1.